The fourth-order valence-corrected chi connectivity index (χ4v) is 8.05. The van der Waals surface area contributed by atoms with Crippen molar-refractivity contribution < 1.29 is 15.1 Å². The fourth-order valence-electron chi connectivity index (χ4n) is 8.05. The second-order valence-corrected chi connectivity index (χ2v) is 15.3. The standard InChI is InChI=1S/2C27H30N2O.4ClH.H2O/c2*1-5-13-28(14-6-2)19-21-9-11-23-24-12-10-22(20-29(15-7-3)16-8-4)18-26(24)27(30)25(23)17-21;;;;;/h2*5-12,17-18H,1-4,13-16,19-20H2;4*1H;1H2. The predicted octanol–water partition coefficient (Wildman–Crippen LogP) is 11.4. The van der Waals surface area contributed by atoms with Crippen LogP contribution in [0, 0.1) is 0 Å². The van der Waals surface area contributed by atoms with Crippen LogP contribution in [0.15, 0.2) is 174 Å². The fraction of sp³-hybridized carbons (Fsp3) is 0.222. The summed E-state index contributed by atoms with van der Waals surface area (Å²) in [5.41, 5.74) is 11.8. The molecule has 7 nitrogen and oxygen atoms in total. The van der Waals surface area contributed by atoms with Crippen molar-refractivity contribution in [3.05, 3.63) is 219 Å². The molecule has 0 saturated carbocycles. The van der Waals surface area contributed by atoms with Crippen molar-refractivity contribution in [3.63, 3.8) is 0 Å². The van der Waals surface area contributed by atoms with Gasteiger partial charge in [0.15, 0.2) is 11.6 Å². The van der Waals surface area contributed by atoms with Crippen molar-refractivity contribution in [1.82, 2.24) is 19.6 Å². The van der Waals surface area contributed by atoms with E-state index in [4.69, 9.17) is 0 Å². The van der Waals surface area contributed by atoms with Gasteiger partial charge in [0, 0.05) is 101 Å². The van der Waals surface area contributed by atoms with Crippen molar-refractivity contribution in [2.45, 2.75) is 26.2 Å². The third kappa shape index (κ3) is 15.6. The van der Waals surface area contributed by atoms with Crippen LogP contribution in [0.2, 0.25) is 0 Å². The number of carbonyl (C=O) groups is 2. The Hall–Kier alpha value is -4.90. The molecule has 6 rings (SSSR count). The first-order valence-electron chi connectivity index (χ1n) is 20.6. The molecule has 2 aliphatic rings. The van der Waals surface area contributed by atoms with Gasteiger partial charge in [0.05, 0.1) is 0 Å². The molecule has 0 atom stereocenters. The van der Waals surface area contributed by atoms with Crippen molar-refractivity contribution in [1.29, 1.82) is 0 Å². The lowest BCUT2D eigenvalue weighted by Crippen LogP contribution is -2.23. The number of hydrogen-bond acceptors (Lipinski definition) is 6. The quantitative estimate of drug-likeness (QED) is 0.0563. The van der Waals surface area contributed by atoms with Crippen LogP contribution in [0.25, 0.3) is 22.3 Å². The maximum atomic E-state index is 13.2. The summed E-state index contributed by atoms with van der Waals surface area (Å²) in [4.78, 5) is 35.3. The summed E-state index contributed by atoms with van der Waals surface area (Å²) in [5, 5.41) is 0. The Labute approximate surface area is 412 Å². The molecule has 2 aliphatic carbocycles. The van der Waals surface area contributed by atoms with Crippen molar-refractivity contribution in [2.24, 2.45) is 0 Å². The molecule has 0 saturated heterocycles. The van der Waals surface area contributed by atoms with Gasteiger partial charge in [-0.25, -0.2) is 0 Å². The number of fused-ring (bicyclic) bond motifs is 6. The van der Waals surface area contributed by atoms with E-state index in [1.54, 1.807) is 0 Å². The van der Waals surface area contributed by atoms with Gasteiger partial charge in [0.25, 0.3) is 0 Å². The highest BCUT2D eigenvalue weighted by atomic mass is 35.5. The summed E-state index contributed by atoms with van der Waals surface area (Å²) < 4.78 is 0. The Morgan fingerprint density at radius 2 is 0.477 bits per heavy atom. The maximum absolute atomic E-state index is 13.2. The van der Waals surface area contributed by atoms with Crippen molar-refractivity contribution in [2.75, 3.05) is 52.4 Å². The SMILES string of the molecule is C=CCN(CC=C)Cc1ccc2c(c1)C(=O)c1cc(CN(CC=C)CC=C)ccc1-2.C=CCN(CC=C)Cc1ccc2c(c1)C(=O)c1cc(CN(CC=C)CC=C)ccc1-2.Cl.Cl.Cl.Cl.O. The largest absolute Gasteiger partial charge is 0.412 e. The zero-order valence-electron chi connectivity index (χ0n) is 37.4. The average Bonchev–Trinajstić information content (AvgIpc) is 3.67. The molecule has 4 aromatic carbocycles. The van der Waals surface area contributed by atoms with Gasteiger partial charge in [-0.15, -0.1) is 102 Å². The van der Waals surface area contributed by atoms with E-state index in [9.17, 15) is 9.59 Å². The maximum Gasteiger partial charge on any atom is 0.194 e. The molecule has 0 fully saturated rings. The summed E-state index contributed by atoms with van der Waals surface area (Å²) in [6, 6.07) is 24.9. The number of hydrogen-bond donors (Lipinski definition) is 0. The molecule has 0 unspecified atom stereocenters. The summed E-state index contributed by atoms with van der Waals surface area (Å²) in [5.74, 6) is 0.225. The zero-order chi connectivity index (χ0) is 43.0. The lowest BCUT2D eigenvalue weighted by Gasteiger charge is -2.19. The summed E-state index contributed by atoms with van der Waals surface area (Å²) in [6.07, 6.45) is 15.1. The van der Waals surface area contributed by atoms with Gasteiger partial charge in [-0.3, -0.25) is 29.2 Å². The van der Waals surface area contributed by atoms with Crippen LogP contribution in [0.4, 0.5) is 0 Å². The van der Waals surface area contributed by atoms with Crippen molar-refractivity contribution in [3.8, 4) is 22.3 Å². The Balaban J connectivity index is 0.00000117. The lowest BCUT2D eigenvalue weighted by molar-refractivity contribution is 0.103. The highest BCUT2D eigenvalue weighted by molar-refractivity contribution is 6.22. The molecule has 0 amide bonds. The number of carbonyl (C=O) groups excluding carboxylic acids is 2. The number of rotatable bonds is 24. The molecule has 2 N–H and O–H groups in total. The third-order valence-electron chi connectivity index (χ3n) is 10.6. The zero-order valence-corrected chi connectivity index (χ0v) is 40.7. The van der Waals surface area contributed by atoms with Crippen LogP contribution in [0.5, 0.6) is 0 Å². The van der Waals surface area contributed by atoms with Crippen LogP contribution < -0.4 is 0 Å². The summed E-state index contributed by atoms with van der Waals surface area (Å²) >= 11 is 0. The number of halogens is 4. The minimum absolute atomic E-state index is 0. The molecule has 348 valence electrons. The first kappa shape index (κ1) is 60.1. The highest BCUT2D eigenvalue weighted by Crippen LogP contribution is 2.39. The van der Waals surface area contributed by atoms with E-state index in [-0.39, 0.29) is 66.7 Å². The summed E-state index contributed by atoms with van der Waals surface area (Å²) in [6.45, 7) is 40.0. The van der Waals surface area contributed by atoms with Crippen molar-refractivity contribution >= 4 is 61.2 Å². The van der Waals surface area contributed by atoms with Crippen LogP contribution in [-0.4, -0.2) is 89.0 Å². The molecule has 0 spiro atoms. The monoisotopic (exact) mass is 958 g/mol. The van der Waals surface area contributed by atoms with Gasteiger partial charge in [0.1, 0.15) is 0 Å². The molecular formula is C54H66Cl4N4O3. The molecule has 0 radical (unpaired) electrons. The number of nitrogens with zero attached hydrogens (tertiary/aromatic N) is 4. The molecule has 0 heterocycles. The minimum atomic E-state index is 0. The van der Waals surface area contributed by atoms with E-state index in [1.807, 2.05) is 72.9 Å². The first-order valence-corrected chi connectivity index (χ1v) is 20.6. The normalized spacial score (nSPS) is 11.1. The topological polar surface area (TPSA) is 78.6 Å². The highest BCUT2D eigenvalue weighted by Gasteiger charge is 2.29. The summed E-state index contributed by atoms with van der Waals surface area (Å²) in [7, 11) is 0. The molecular weight excluding hydrogens is 894 g/mol. The van der Waals surface area contributed by atoms with Gasteiger partial charge < -0.3 is 5.48 Å². The molecule has 4 aromatic rings. The van der Waals surface area contributed by atoms with Gasteiger partial charge in [-0.2, -0.15) is 0 Å². The van der Waals surface area contributed by atoms with E-state index in [1.165, 1.54) is 0 Å². The number of ketones is 2. The number of benzene rings is 4. The second-order valence-electron chi connectivity index (χ2n) is 15.3. The second kappa shape index (κ2) is 30.3. The van der Waals surface area contributed by atoms with Gasteiger partial charge >= 0.3 is 0 Å². The van der Waals surface area contributed by atoms with Gasteiger partial charge in [-0.05, 0) is 68.8 Å². The van der Waals surface area contributed by atoms with E-state index in [0.29, 0.717) is 0 Å². The van der Waals surface area contributed by atoms with E-state index >= 15 is 0 Å². The molecule has 0 bridgehead atoms. The molecule has 0 aromatic heterocycles. The Morgan fingerprint density at radius 3 is 0.631 bits per heavy atom. The smallest absolute Gasteiger partial charge is 0.194 e. The Kier molecular flexibility index (Phi) is 28.0. The Morgan fingerprint density at radius 1 is 0.308 bits per heavy atom. The molecule has 0 aliphatic heterocycles. The lowest BCUT2D eigenvalue weighted by atomic mass is 10.0. The van der Waals surface area contributed by atoms with Crippen LogP contribution in [0.1, 0.15) is 54.1 Å². The van der Waals surface area contributed by atoms with E-state index < -0.39 is 0 Å². The minimum Gasteiger partial charge on any atom is -0.412 e. The first-order chi connectivity index (χ1) is 29.2. The third-order valence-corrected chi connectivity index (χ3v) is 10.6. The predicted molar refractivity (Wildman–Crippen MR) is 286 cm³/mol. The van der Waals surface area contributed by atoms with Gasteiger partial charge in [-0.1, -0.05) is 97.1 Å². The van der Waals surface area contributed by atoms with Crippen LogP contribution in [0.3, 0.4) is 0 Å². The van der Waals surface area contributed by atoms with Crippen LogP contribution >= 0.6 is 49.6 Å². The Bertz CT molecular complexity index is 1940. The average molecular weight is 961 g/mol. The van der Waals surface area contributed by atoms with E-state index in [2.05, 4.69) is 121 Å². The molecule has 65 heavy (non-hydrogen) atoms. The van der Waals surface area contributed by atoms with Gasteiger partial charge in [0.2, 0.25) is 0 Å². The van der Waals surface area contributed by atoms with Crippen LogP contribution in [-0.2, 0) is 26.2 Å². The molecule has 11 heteroatoms. The van der Waals surface area contributed by atoms with E-state index in [0.717, 1.165) is 145 Å².